The number of rotatable bonds is 7. The minimum Gasteiger partial charge on any atom is -0.465 e. The molecule has 1 aliphatic carbocycles. The normalized spacial score (nSPS) is 13.9. The summed E-state index contributed by atoms with van der Waals surface area (Å²) in [6, 6.07) is 1.16. The van der Waals surface area contributed by atoms with Crippen molar-refractivity contribution in [1.82, 2.24) is 15.1 Å². The SMILES string of the molecule is COC(=O)c1c(NC(=S)NCCCn2nc(C(F)(F)F)cc2C2CC2)sc(C)c1C. The minimum absolute atomic E-state index is 0.173. The monoisotopic (exact) mass is 460 g/mol. The maximum Gasteiger partial charge on any atom is 0.435 e. The van der Waals surface area contributed by atoms with Crippen molar-refractivity contribution in [2.75, 3.05) is 19.0 Å². The van der Waals surface area contributed by atoms with Crippen LogP contribution in [-0.2, 0) is 17.5 Å². The summed E-state index contributed by atoms with van der Waals surface area (Å²) in [5.41, 5.74) is 1.10. The van der Waals surface area contributed by atoms with Gasteiger partial charge in [-0.2, -0.15) is 18.3 Å². The van der Waals surface area contributed by atoms with E-state index in [1.807, 2.05) is 13.8 Å². The van der Waals surface area contributed by atoms with E-state index in [2.05, 4.69) is 15.7 Å². The van der Waals surface area contributed by atoms with Gasteiger partial charge >= 0.3 is 12.1 Å². The van der Waals surface area contributed by atoms with Crippen LogP contribution in [0.3, 0.4) is 0 Å². The lowest BCUT2D eigenvalue weighted by Gasteiger charge is -2.11. The van der Waals surface area contributed by atoms with Gasteiger partial charge in [-0.15, -0.1) is 11.3 Å². The average molecular weight is 461 g/mol. The Hall–Kier alpha value is -2.14. The van der Waals surface area contributed by atoms with Crippen molar-refractivity contribution in [3.05, 3.63) is 33.5 Å². The fraction of sp³-hybridized carbons (Fsp3) is 0.526. The minimum atomic E-state index is -4.44. The van der Waals surface area contributed by atoms with E-state index in [-0.39, 0.29) is 5.92 Å². The van der Waals surface area contributed by atoms with Crippen LogP contribution in [0, 0.1) is 13.8 Å². The highest BCUT2D eigenvalue weighted by Crippen LogP contribution is 2.42. The highest BCUT2D eigenvalue weighted by atomic mass is 32.1. The number of hydrogen-bond acceptors (Lipinski definition) is 5. The molecule has 11 heteroatoms. The maximum absolute atomic E-state index is 13.0. The molecule has 2 aromatic rings. The van der Waals surface area contributed by atoms with Crippen molar-refractivity contribution < 1.29 is 22.7 Å². The molecule has 30 heavy (non-hydrogen) atoms. The number of ether oxygens (including phenoxy) is 1. The molecule has 3 rings (SSSR count). The molecule has 2 heterocycles. The zero-order valence-corrected chi connectivity index (χ0v) is 18.5. The van der Waals surface area contributed by atoms with Gasteiger partial charge in [-0.25, -0.2) is 4.79 Å². The van der Waals surface area contributed by atoms with Gasteiger partial charge in [-0.3, -0.25) is 4.68 Å². The van der Waals surface area contributed by atoms with Crippen LogP contribution in [0.2, 0.25) is 0 Å². The summed E-state index contributed by atoms with van der Waals surface area (Å²) in [5, 5.41) is 10.7. The zero-order chi connectivity index (χ0) is 22.1. The lowest BCUT2D eigenvalue weighted by molar-refractivity contribution is -0.141. The molecule has 164 valence electrons. The zero-order valence-electron chi connectivity index (χ0n) is 16.9. The first-order chi connectivity index (χ1) is 14.1. The number of alkyl halides is 3. The molecular weight excluding hydrogens is 437 g/mol. The van der Waals surface area contributed by atoms with Gasteiger partial charge in [0.25, 0.3) is 0 Å². The fourth-order valence-corrected chi connectivity index (χ4v) is 4.42. The predicted molar refractivity (Wildman–Crippen MR) is 113 cm³/mol. The van der Waals surface area contributed by atoms with Crippen molar-refractivity contribution in [2.45, 2.75) is 51.7 Å². The van der Waals surface area contributed by atoms with Crippen LogP contribution in [0.1, 0.15) is 57.4 Å². The lowest BCUT2D eigenvalue weighted by Crippen LogP contribution is -2.30. The molecule has 0 atom stereocenters. The number of nitrogens with zero attached hydrogens (tertiary/aromatic N) is 2. The average Bonchev–Trinajstić information content (AvgIpc) is 3.36. The molecule has 0 amide bonds. The number of carbonyl (C=O) groups excluding carboxylic acids is 1. The fourth-order valence-electron chi connectivity index (χ4n) is 3.10. The van der Waals surface area contributed by atoms with E-state index < -0.39 is 17.8 Å². The van der Waals surface area contributed by atoms with Gasteiger partial charge in [0.2, 0.25) is 0 Å². The number of thiocarbonyl (C=S) groups is 1. The molecule has 1 fully saturated rings. The molecule has 0 radical (unpaired) electrons. The van der Waals surface area contributed by atoms with Crippen molar-refractivity contribution in [2.24, 2.45) is 0 Å². The van der Waals surface area contributed by atoms with E-state index >= 15 is 0 Å². The highest BCUT2D eigenvalue weighted by Gasteiger charge is 2.37. The Morgan fingerprint density at radius 2 is 2.10 bits per heavy atom. The smallest absolute Gasteiger partial charge is 0.435 e. The maximum atomic E-state index is 13.0. The van der Waals surface area contributed by atoms with Crippen LogP contribution in [-0.4, -0.2) is 34.5 Å². The summed E-state index contributed by atoms with van der Waals surface area (Å²) >= 11 is 6.70. The molecule has 0 saturated heterocycles. The second-order valence-electron chi connectivity index (χ2n) is 7.16. The largest absolute Gasteiger partial charge is 0.465 e. The van der Waals surface area contributed by atoms with Gasteiger partial charge in [0.15, 0.2) is 10.8 Å². The van der Waals surface area contributed by atoms with Gasteiger partial charge < -0.3 is 15.4 Å². The third kappa shape index (κ3) is 5.12. The summed E-state index contributed by atoms with van der Waals surface area (Å²) in [5.74, 6) is -0.264. The first-order valence-corrected chi connectivity index (χ1v) is 10.7. The second-order valence-corrected chi connectivity index (χ2v) is 8.80. The van der Waals surface area contributed by atoms with Gasteiger partial charge in [-0.05, 0) is 57.0 Å². The van der Waals surface area contributed by atoms with Crippen LogP contribution in [0.5, 0.6) is 0 Å². The molecule has 0 aromatic carbocycles. The molecule has 1 saturated carbocycles. The Morgan fingerprint density at radius 1 is 1.40 bits per heavy atom. The Kier molecular flexibility index (Phi) is 6.71. The van der Waals surface area contributed by atoms with Crippen molar-refractivity contribution in [3.63, 3.8) is 0 Å². The van der Waals surface area contributed by atoms with Gasteiger partial charge in [0.1, 0.15) is 5.00 Å². The van der Waals surface area contributed by atoms with Crippen molar-refractivity contribution >= 4 is 39.6 Å². The molecule has 1 aliphatic rings. The highest BCUT2D eigenvalue weighted by molar-refractivity contribution is 7.80. The van der Waals surface area contributed by atoms with Gasteiger partial charge in [-0.1, -0.05) is 0 Å². The van der Waals surface area contributed by atoms with Crippen LogP contribution in [0.15, 0.2) is 6.07 Å². The Labute approximate surface area is 181 Å². The standard InChI is InChI=1S/C19H23F3N4O2S2/c1-10-11(2)30-16(15(10)17(27)28-3)24-18(29)23-7-4-8-26-13(12-5-6-12)9-14(25-26)19(20,21)22/h9,12H,4-8H2,1-3H3,(H2,23,24,29). The summed E-state index contributed by atoms with van der Waals surface area (Å²) in [6.45, 7) is 4.57. The number of anilines is 1. The number of carbonyl (C=O) groups is 1. The van der Waals surface area contributed by atoms with E-state index in [0.29, 0.717) is 40.9 Å². The molecule has 0 bridgehead atoms. The lowest BCUT2D eigenvalue weighted by atomic mass is 10.1. The van der Waals surface area contributed by atoms with E-state index in [0.717, 1.165) is 29.3 Å². The Balaban J connectivity index is 1.55. The number of aryl methyl sites for hydroxylation is 2. The third-order valence-electron chi connectivity index (χ3n) is 4.93. The van der Waals surface area contributed by atoms with Crippen LogP contribution >= 0.6 is 23.6 Å². The van der Waals surface area contributed by atoms with Crippen LogP contribution < -0.4 is 10.6 Å². The molecular formula is C19H23F3N4O2S2. The van der Waals surface area contributed by atoms with E-state index in [1.165, 1.54) is 23.1 Å². The van der Waals surface area contributed by atoms with Gasteiger partial charge in [0.05, 0.1) is 12.7 Å². The first kappa shape index (κ1) is 22.5. The van der Waals surface area contributed by atoms with Crippen LogP contribution in [0.4, 0.5) is 18.2 Å². The molecule has 0 spiro atoms. The quantitative estimate of drug-likeness (QED) is 0.357. The second kappa shape index (κ2) is 8.93. The molecule has 0 aliphatic heterocycles. The first-order valence-electron chi connectivity index (χ1n) is 9.50. The summed E-state index contributed by atoms with van der Waals surface area (Å²) in [4.78, 5) is 13.0. The summed E-state index contributed by atoms with van der Waals surface area (Å²) in [7, 11) is 1.32. The molecule has 2 N–H and O–H groups in total. The van der Waals surface area contributed by atoms with Crippen LogP contribution in [0.25, 0.3) is 0 Å². The summed E-state index contributed by atoms with van der Waals surface area (Å²) in [6.07, 6.45) is -2.09. The number of esters is 1. The number of halogens is 3. The number of hydrogen-bond donors (Lipinski definition) is 2. The molecule has 6 nitrogen and oxygen atoms in total. The molecule has 0 unspecified atom stereocenters. The Bertz CT molecular complexity index is 948. The number of aromatic nitrogens is 2. The van der Waals surface area contributed by atoms with E-state index in [1.54, 1.807) is 0 Å². The number of nitrogens with one attached hydrogen (secondary N) is 2. The van der Waals surface area contributed by atoms with E-state index in [9.17, 15) is 18.0 Å². The number of thiophene rings is 1. The predicted octanol–water partition coefficient (Wildman–Crippen LogP) is 4.62. The molecule has 2 aromatic heterocycles. The topological polar surface area (TPSA) is 68.2 Å². The number of methoxy groups -OCH3 is 1. The third-order valence-corrected chi connectivity index (χ3v) is 6.30. The van der Waals surface area contributed by atoms with Gasteiger partial charge in [0, 0.05) is 29.6 Å². The van der Waals surface area contributed by atoms with Crippen molar-refractivity contribution in [3.8, 4) is 0 Å². The summed E-state index contributed by atoms with van der Waals surface area (Å²) < 4.78 is 45.2. The van der Waals surface area contributed by atoms with Crippen molar-refractivity contribution in [1.29, 1.82) is 0 Å². The van der Waals surface area contributed by atoms with E-state index in [4.69, 9.17) is 17.0 Å². The Morgan fingerprint density at radius 3 is 2.70 bits per heavy atom.